The summed E-state index contributed by atoms with van der Waals surface area (Å²) in [5.41, 5.74) is 0.340. The molecule has 0 saturated carbocycles. The summed E-state index contributed by atoms with van der Waals surface area (Å²) >= 11 is 0. The fraction of sp³-hybridized carbons (Fsp3) is 0.250. The van der Waals surface area contributed by atoms with Crippen LogP contribution in [0.3, 0.4) is 0 Å². The molecule has 10 heteroatoms. The fourth-order valence-corrected chi connectivity index (χ4v) is 3.59. The molecule has 2 aromatic rings. The van der Waals surface area contributed by atoms with E-state index in [0.29, 0.717) is 18.2 Å². The van der Waals surface area contributed by atoms with Gasteiger partial charge in [0.15, 0.2) is 0 Å². The molecule has 0 aromatic heterocycles. The fourth-order valence-electron chi connectivity index (χ4n) is 3.59. The number of hydrogen-bond donors (Lipinski definition) is 2. The van der Waals surface area contributed by atoms with Crippen LogP contribution >= 0.6 is 0 Å². The normalized spacial score (nSPS) is 16.4. The Hall–Kier alpha value is -4.08. The van der Waals surface area contributed by atoms with Crippen molar-refractivity contribution in [1.29, 1.82) is 0 Å². The van der Waals surface area contributed by atoms with E-state index in [1.807, 2.05) is 0 Å². The lowest BCUT2D eigenvalue weighted by atomic mass is 9.97. The number of allylic oxidation sites excluding steroid dienone is 1. The number of fused-ring (bicyclic) bond motifs is 1. The predicted molar refractivity (Wildman–Crippen MR) is 123 cm³/mol. The van der Waals surface area contributed by atoms with E-state index in [9.17, 15) is 23.2 Å². The lowest BCUT2D eigenvalue weighted by Crippen LogP contribution is -2.33. The number of aliphatic carboxylic acids is 1. The van der Waals surface area contributed by atoms with Crippen LogP contribution in [0.15, 0.2) is 59.8 Å². The second kappa shape index (κ2) is 10.2. The van der Waals surface area contributed by atoms with Crippen LogP contribution in [0.4, 0.5) is 20.2 Å². The molecule has 2 N–H and O–H groups in total. The topological polar surface area (TPSA) is 108 Å². The molecule has 178 valence electrons. The largest absolute Gasteiger partial charge is 0.478 e. The quantitative estimate of drug-likeness (QED) is 0.373. The van der Waals surface area contributed by atoms with Gasteiger partial charge >= 0.3 is 5.97 Å². The summed E-state index contributed by atoms with van der Waals surface area (Å²) in [6, 6.07) is 11.9. The van der Waals surface area contributed by atoms with Crippen LogP contribution in [-0.4, -0.2) is 48.2 Å². The van der Waals surface area contributed by atoms with E-state index in [0.717, 1.165) is 0 Å². The molecule has 0 aliphatic carbocycles. The molecule has 0 atom stereocenters. The average molecular weight is 471 g/mol. The van der Waals surface area contributed by atoms with Crippen molar-refractivity contribution in [2.24, 2.45) is 5.16 Å². The lowest BCUT2D eigenvalue weighted by Gasteiger charge is -2.23. The number of para-hydroxylation sites is 1. The Balaban J connectivity index is 1.90. The van der Waals surface area contributed by atoms with Gasteiger partial charge in [-0.3, -0.25) is 9.59 Å². The summed E-state index contributed by atoms with van der Waals surface area (Å²) in [4.78, 5) is 42.5. The molecule has 0 fully saturated rings. The lowest BCUT2D eigenvalue weighted by molar-refractivity contribution is -0.131. The van der Waals surface area contributed by atoms with Crippen LogP contribution < -0.4 is 10.2 Å². The van der Waals surface area contributed by atoms with Crippen LogP contribution in [0.2, 0.25) is 0 Å². The highest BCUT2D eigenvalue weighted by Crippen LogP contribution is 2.43. The zero-order valence-corrected chi connectivity index (χ0v) is 18.5. The summed E-state index contributed by atoms with van der Waals surface area (Å²) in [6.07, 6.45) is 0.106. The van der Waals surface area contributed by atoms with E-state index >= 15 is 0 Å². The average Bonchev–Trinajstić information content (AvgIpc) is 2.91. The number of oxime groups is 1. The first-order chi connectivity index (χ1) is 16.2. The summed E-state index contributed by atoms with van der Waals surface area (Å²) in [5.74, 6) is -5.92. The number of amides is 2. The minimum atomic E-state index is -3.43. The first kappa shape index (κ1) is 24.6. The third-order valence-corrected chi connectivity index (χ3v) is 5.23. The maximum absolute atomic E-state index is 14.8. The van der Waals surface area contributed by atoms with E-state index in [-0.39, 0.29) is 29.1 Å². The van der Waals surface area contributed by atoms with Crippen molar-refractivity contribution in [2.45, 2.75) is 25.7 Å². The zero-order valence-electron chi connectivity index (χ0n) is 18.5. The summed E-state index contributed by atoms with van der Waals surface area (Å²) in [6.45, 7) is 1.43. The third-order valence-electron chi connectivity index (χ3n) is 5.23. The van der Waals surface area contributed by atoms with Gasteiger partial charge in [0.25, 0.3) is 17.7 Å². The molecule has 0 bridgehead atoms. The van der Waals surface area contributed by atoms with Gasteiger partial charge in [0.2, 0.25) is 0 Å². The van der Waals surface area contributed by atoms with Gasteiger partial charge in [0.1, 0.15) is 12.8 Å². The second-order valence-corrected chi connectivity index (χ2v) is 7.43. The van der Waals surface area contributed by atoms with E-state index in [4.69, 9.17) is 5.11 Å². The van der Waals surface area contributed by atoms with Gasteiger partial charge in [-0.1, -0.05) is 30.3 Å². The molecule has 0 radical (unpaired) electrons. The van der Waals surface area contributed by atoms with Crippen molar-refractivity contribution in [1.82, 2.24) is 0 Å². The predicted octanol–water partition coefficient (Wildman–Crippen LogP) is 4.19. The first-order valence-corrected chi connectivity index (χ1v) is 10.4. The van der Waals surface area contributed by atoms with Gasteiger partial charge in [-0.25, -0.2) is 13.6 Å². The van der Waals surface area contributed by atoms with Crippen molar-refractivity contribution < 1.29 is 33.1 Å². The molecule has 34 heavy (non-hydrogen) atoms. The van der Waals surface area contributed by atoms with Crippen molar-refractivity contribution in [3.8, 4) is 0 Å². The van der Waals surface area contributed by atoms with Crippen molar-refractivity contribution >= 4 is 40.4 Å². The molecule has 1 heterocycles. The number of carboxylic acid groups (broad SMARTS) is 1. The van der Waals surface area contributed by atoms with Crippen LogP contribution in [0.25, 0.3) is 5.57 Å². The number of anilines is 2. The molecule has 2 aromatic carbocycles. The van der Waals surface area contributed by atoms with Gasteiger partial charge in [-0.15, -0.1) is 0 Å². The van der Waals surface area contributed by atoms with Gasteiger partial charge in [0, 0.05) is 41.4 Å². The highest BCUT2D eigenvalue weighted by atomic mass is 19.3. The summed E-state index contributed by atoms with van der Waals surface area (Å²) < 4.78 is 29.6. The molecule has 1 aliphatic rings. The van der Waals surface area contributed by atoms with Gasteiger partial charge in [-0.05, 0) is 36.8 Å². The molecule has 0 saturated heterocycles. The van der Waals surface area contributed by atoms with Gasteiger partial charge in [0.05, 0.1) is 5.69 Å². The van der Waals surface area contributed by atoms with E-state index in [2.05, 4.69) is 15.3 Å². The molecule has 2 amide bonds. The van der Waals surface area contributed by atoms with Gasteiger partial charge < -0.3 is 20.2 Å². The number of carboxylic acids is 1. The SMILES string of the molecule is CCC(=NOC)C(=O)Nc1ccc(C(=O)N2CCC(F)(F)/C(=C\C(=O)O)c3ccccc32)cc1. The van der Waals surface area contributed by atoms with Crippen molar-refractivity contribution in [3.63, 3.8) is 0 Å². The second-order valence-electron chi connectivity index (χ2n) is 7.43. The maximum atomic E-state index is 14.8. The number of carbonyl (C=O) groups is 3. The van der Waals surface area contributed by atoms with Gasteiger partial charge in [-0.2, -0.15) is 0 Å². The smallest absolute Gasteiger partial charge is 0.328 e. The minimum Gasteiger partial charge on any atom is -0.478 e. The Morgan fingerprint density at radius 2 is 1.85 bits per heavy atom. The van der Waals surface area contributed by atoms with Crippen LogP contribution in [0, 0.1) is 0 Å². The summed E-state index contributed by atoms with van der Waals surface area (Å²) in [7, 11) is 1.33. The molecular formula is C24H23F2N3O5. The monoisotopic (exact) mass is 471 g/mol. The maximum Gasteiger partial charge on any atom is 0.328 e. The molecule has 1 aliphatic heterocycles. The van der Waals surface area contributed by atoms with E-state index < -0.39 is 35.7 Å². The molecular weight excluding hydrogens is 448 g/mol. The summed E-state index contributed by atoms with van der Waals surface area (Å²) in [5, 5.41) is 15.4. The van der Waals surface area contributed by atoms with Crippen molar-refractivity contribution in [3.05, 3.63) is 65.7 Å². The number of halogens is 2. The van der Waals surface area contributed by atoms with Crippen LogP contribution in [0.5, 0.6) is 0 Å². The third kappa shape index (κ3) is 5.28. The van der Waals surface area contributed by atoms with E-state index in [1.54, 1.807) is 13.0 Å². The number of nitrogens with zero attached hydrogens (tertiary/aromatic N) is 2. The number of nitrogens with one attached hydrogen (secondary N) is 1. The Kier molecular flexibility index (Phi) is 7.40. The van der Waals surface area contributed by atoms with Crippen LogP contribution in [0.1, 0.15) is 35.7 Å². The van der Waals surface area contributed by atoms with E-state index in [1.165, 1.54) is 54.5 Å². The Morgan fingerprint density at radius 1 is 1.18 bits per heavy atom. The number of alkyl halides is 2. The zero-order chi connectivity index (χ0) is 24.9. The standard InChI is InChI=1S/C24H23F2N3O5/c1-3-19(28-34-2)22(32)27-16-10-8-15(9-11-16)23(33)29-13-12-24(25,26)18(14-21(30)31)17-6-4-5-7-20(17)29/h4-11,14H,3,12-13H2,1-2H3,(H,27,32)(H,30,31)/b18-14-,28-19?. The number of carbonyl (C=O) groups excluding carboxylic acids is 2. The highest BCUT2D eigenvalue weighted by Gasteiger charge is 2.41. The first-order valence-electron chi connectivity index (χ1n) is 10.4. The number of hydrogen-bond acceptors (Lipinski definition) is 5. The Bertz CT molecular complexity index is 1160. The minimum absolute atomic E-state index is 0.0193. The van der Waals surface area contributed by atoms with Crippen LogP contribution in [-0.2, 0) is 14.4 Å². The number of benzene rings is 2. The molecule has 8 nitrogen and oxygen atoms in total. The van der Waals surface area contributed by atoms with Crippen molar-refractivity contribution in [2.75, 3.05) is 23.9 Å². The Morgan fingerprint density at radius 3 is 2.47 bits per heavy atom. The Labute approximate surface area is 194 Å². The molecule has 3 rings (SSSR count). The highest BCUT2D eigenvalue weighted by molar-refractivity contribution is 6.42. The molecule has 0 spiro atoms. The molecule has 0 unspecified atom stereocenters. The number of rotatable bonds is 6.